The van der Waals surface area contributed by atoms with Gasteiger partial charge in [-0.15, -0.1) is 0 Å². The molecule has 63 heavy (non-hydrogen) atoms. The first-order chi connectivity index (χ1) is 31.2. The molecule has 4 nitrogen and oxygen atoms in total. The zero-order valence-corrected chi connectivity index (χ0v) is 34.1. The summed E-state index contributed by atoms with van der Waals surface area (Å²) in [5.74, 6) is 2.57. The smallest absolute Gasteiger partial charge is 0.164 e. The lowest BCUT2D eigenvalue weighted by Gasteiger charge is -2.15. The Hall–Kier alpha value is -8.47. The summed E-state index contributed by atoms with van der Waals surface area (Å²) in [5.41, 5.74) is 11.2. The highest BCUT2D eigenvalue weighted by Crippen LogP contribution is 2.41. The molecule has 0 atom stereocenters. The molecule has 0 aliphatic heterocycles. The fourth-order valence-corrected chi connectivity index (χ4v) is 9.06. The average Bonchev–Trinajstić information content (AvgIpc) is 3.81. The Kier molecular flexibility index (Phi) is 8.79. The average molecular weight is 804 g/mol. The van der Waals surface area contributed by atoms with E-state index in [0.29, 0.717) is 17.5 Å². The zero-order chi connectivity index (χ0) is 41.7. The summed E-state index contributed by atoms with van der Waals surface area (Å²) >= 11 is 0. The molecule has 4 heteroatoms. The summed E-state index contributed by atoms with van der Waals surface area (Å²) in [4.78, 5) is 15.7. The molecule has 12 aromatic rings. The van der Waals surface area contributed by atoms with E-state index in [1.807, 2.05) is 36.4 Å². The molecular weight excluding hydrogens is 767 g/mol. The van der Waals surface area contributed by atoms with Crippen LogP contribution in [0.1, 0.15) is 0 Å². The standard InChI is InChI=1S/C59H37N3O/c1-2-15-38(16-3-1)48-26-9-10-29-52(48)59-61-57(60-58(62-59)47-25-14-22-43(35-47)55-37-44-19-6-11-30-54(44)63-55)46-24-13-21-41(34-46)40-20-12-23-45(33-40)56-50-28-8-5-18-42(50)36-53-49-27-7-4-17-39(49)31-32-51(53)56/h1-37H. The molecule has 0 unspecified atom stereocenters. The highest BCUT2D eigenvalue weighted by atomic mass is 16.3. The Morgan fingerprint density at radius 2 is 0.810 bits per heavy atom. The maximum atomic E-state index is 6.29. The van der Waals surface area contributed by atoms with Crippen LogP contribution in [0, 0.1) is 0 Å². The lowest BCUT2D eigenvalue weighted by molar-refractivity contribution is 0.631. The van der Waals surface area contributed by atoms with Gasteiger partial charge in [0, 0.05) is 27.6 Å². The van der Waals surface area contributed by atoms with E-state index >= 15 is 0 Å². The molecule has 0 spiro atoms. The minimum Gasteiger partial charge on any atom is -0.456 e. The van der Waals surface area contributed by atoms with Gasteiger partial charge in [-0.3, -0.25) is 0 Å². The van der Waals surface area contributed by atoms with E-state index in [1.54, 1.807) is 0 Å². The number of rotatable bonds is 7. The van der Waals surface area contributed by atoms with Crippen LogP contribution in [-0.2, 0) is 0 Å². The lowest BCUT2D eigenvalue weighted by Crippen LogP contribution is -2.01. The van der Waals surface area contributed by atoms with Gasteiger partial charge in [-0.05, 0) is 102 Å². The molecule has 12 rings (SSSR count). The van der Waals surface area contributed by atoms with Crippen molar-refractivity contribution in [2.75, 3.05) is 0 Å². The van der Waals surface area contributed by atoms with Crippen molar-refractivity contribution in [1.29, 1.82) is 0 Å². The van der Waals surface area contributed by atoms with Crippen molar-refractivity contribution >= 4 is 43.3 Å². The highest BCUT2D eigenvalue weighted by molar-refractivity contribution is 6.20. The molecule has 294 valence electrons. The summed E-state index contributed by atoms with van der Waals surface area (Å²) in [6, 6.07) is 78.9. The molecule has 0 fully saturated rings. The summed E-state index contributed by atoms with van der Waals surface area (Å²) in [6.07, 6.45) is 0. The zero-order valence-electron chi connectivity index (χ0n) is 34.1. The van der Waals surface area contributed by atoms with E-state index in [-0.39, 0.29) is 0 Å². The molecule has 2 aromatic heterocycles. The number of benzene rings is 10. The number of para-hydroxylation sites is 1. The maximum absolute atomic E-state index is 6.29. The van der Waals surface area contributed by atoms with Gasteiger partial charge in [-0.2, -0.15) is 0 Å². The monoisotopic (exact) mass is 803 g/mol. The minimum atomic E-state index is 0.582. The van der Waals surface area contributed by atoms with Gasteiger partial charge in [0.1, 0.15) is 11.3 Å². The van der Waals surface area contributed by atoms with Gasteiger partial charge in [-0.25, -0.2) is 15.0 Å². The largest absolute Gasteiger partial charge is 0.456 e. The van der Waals surface area contributed by atoms with Gasteiger partial charge in [0.2, 0.25) is 0 Å². The molecule has 2 heterocycles. The third kappa shape index (κ3) is 6.62. The fraction of sp³-hybridized carbons (Fsp3) is 0. The van der Waals surface area contributed by atoms with Crippen LogP contribution < -0.4 is 0 Å². The predicted molar refractivity (Wildman–Crippen MR) is 260 cm³/mol. The number of hydrogen-bond acceptors (Lipinski definition) is 4. The number of fused-ring (bicyclic) bond motifs is 5. The third-order valence-electron chi connectivity index (χ3n) is 12.1. The second kappa shape index (κ2) is 15.2. The second-order valence-corrected chi connectivity index (χ2v) is 16.0. The molecule has 0 radical (unpaired) electrons. The molecular formula is C59H37N3O. The van der Waals surface area contributed by atoms with Gasteiger partial charge in [-0.1, -0.05) is 188 Å². The van der Waals surface area contributed by atoms with Crippen molar-refractivity contribution in [1.82, 2.24) is 15.0 Å². The van der Waals surface area contributed by atoms with Crippen LogP contribution >= 0.6 is 0 Å². The first-order valence-electron chi connectivity index (χ1n) is 21.2. The summed E-state index contributed by atoms with van der Waals surface area (Å²) in [6.45, 7) is 0. The molecule has 0 aliphatic carbocycles. The molecule has 0 aliphatic rings. The number of aromatic nitrogens is 3. The van der Waals surface area contributed by atoms with E-state index < -0.39 is 0 Å². The number of hydrogen-bond donors (Lipinski definition) is 0. The Bertz CT molecular complexity index is 3670. The second-order valence-electron chi connectivity index (χ2n) is 16.0. The normalized spacial score (nSPS) is 11.5. The van der Waals surface area contributed by atoms with Crippen molar-refractivity contribution in [3.05, 3.63) is 224 Å². The Morgan fingerprint density at radius 3 is 1.57 bits per heavy atom. The highest BCUT2D eigenvalue weighted by Gasteiger charge is 2.18. The van der Waals surface area contributed by atoms with Crippen LogP contribution in [-0.4, -0.2) is 15.0 Å². The molecule has 0 bridgehead atoms. The van der Waals surface area contributed by atoms with Gasteiger partial charge < -0.3 is 4.42 Å². The maximum Gasteiger partial charge on any atom is 0.164 e. The predicted octanol–water partition coefficient (Wildman–Crippen LogP) is 15.7. The van der Waals surface area contributed by atoms with Crippen molar-refractivity contribution in [2.45, 2.75) is 0 Å². The molecule has 10 aromatic carbocycles. The van der Waals surface area contributed by atoms with E-state index in [4.69, 9.17) is 19.4 Å². The Labute approximate surface area is 364 Å². The van der Waals surface area contributed by atoms with Crippen molar-refractivity contribution in [3.63, 3.8) is 0 Å². The molecule has 0 N–H and O–H groups in total. The van der Waals surface area contributed by atoms with Crippen LogP contribution in [0.3, 0.4) is 0 Å². The first kappa shape index (κ1) is 36.4. The van der Waals surface area contributed by atoms with E-state index in [1.165, 1.54) is 43.4 Å². The SMILES string of the molecule is c1ccc(-c2ccccc2-c2nc(-c3cccc(-c4cccc(-c5c6ccccc6cc6c5ccc5ccccc56)c4)c3)nc(-c3cccc(-c4cc5ccccc5o4)c3)n2)cc1. The van der Waals surface area contributed by atoms with Crippen molar-refractivity contribution < 1.29 is 4.42 Å². The summed E-state index contributed by atoms with van der Waals surface area (Å²) in [5, 5.41) is 8.51. The van der Waals surface area contributed by atoms with Crippen molar-refractivity contribution in [2.24, 2.45) is 0 Å². The summed E-state index contributed by atoms with van der Waals surface area (Å²) in [7, 11) is 0. The van der Waals surface area contributed by atoms with Gasteiger partial charge >= 0.3 is 0 Å². The number of furan rings is 1. The van der Waals surface area contributed by atoms with Crippen LogP contribution in [0.5, 0.6) is 0 Å². The van der Waals surface area contributed by atoms with Crippen LogP contribution in [0.25, 0.3) is 122 Å². The van der Waals surface area contributed by atoms with E-state index in [0.717, 1.165) is 61.2 Å². The molecule has 0 saturated carbocycles. The summed E-state index contributed by atoms with van der Waals surface area (Å²) < 4.78 is 6.29. The third-order valence-corrected chi connectivity index (χ3v) is 12.1. The van der Waals surface area contributed by atoms with Crippen LogP contribution in [0.4, 0.5) is 0 Å². The topological polar surface area (TPSA) is 51.8 Å². The molecule has 0 saturated heterocycles. The minimum absolute atomic E-state index is 0.582. The molecule has 0 amide bonds. The Balaban J connectivity index is 1.00. The van der Waals surface area contributed by atoms with Gasteiger partial charge in [0.25, 0.3) is 0 Å². The van der Waals surface area contributed by atoms with Gasteiger partial charge in [0.05, 0.1) is 0 Å². The van der Waals surface area contributed by atoms with E-state index in [9.17, 15) is 0 Å². The Morgan fingerprint density at radius 1 is 0.270 bits per heavy atom. The van der Waals surface area contributed by atoms with Crippen LogP contribution in [0.15, 0.2) is 229 Å². The quantitative estimate of drug-likeness (QED) is 0.119. The van der Waals surface area contributed by atoms with Gasteiger partial charge in [0.15, 0.2) is 17.5 Å². The van der Waals surface area contributed by atoms with E-state index in [2.05, 4.69) is 188 Å². The van der Waals surface area contributed by atoms with Crippen molar-refractivity contribution in [3.8, 4) is 78.9 Å². The fourth-order valence-electron chi connectivity index (χ4n) is 9.06. The first-order valence-corrected chi connectivity index (χ1v) is 21.2. The van der Waals surface area contributed by atoms with Crippen LogP contribution in [0.2, 0.25) is 0 Å². The number of nitrogens with zero attached hydrogens (tertiary/aromatic N) is 3. The lowest BCUT2D eigenvalue weighted by atomic mass is 9.89.